The molecule has 0 radical (unpaired) electrons. The Hall–Kier alpha value is -1.54. The molecule has 1 heterocycles. The molecule has 0 fully saturated rings. The molecule has 1 nitrogen and oxygen atoms in total. The number of ether oxygens (including phenoxy) is 1. The normalized spacial score (nSPS) is 21.6. The molecule has 0 amide bonds. The second kappa shape index (κ2) is 8.79. The van der Waals surface area contributed by atoms with Gasteiger partial charge in [-0.15, -0.1) is 12.4 Å². The number of benzene rings is 1. The number of rotatable bonds is 1. The Morgan fingerprint density at radius 3 is 2.41 bits per heavy atom. The lowest BCUT2D eigenvalue weighted by atomic mass is 9.74. The summed E-state index contributed by atoms with van der Waals surface area (Å²) in [5.74, 6) is 0. The van der Waals surface area contributed by atoms with E-state index in [0.717, 1.165) is 17.7 Å². The van der Waals surface area contributed by atoms with E-state index in [2.05, 4.69) is 0 Å². The first-order chi connectivity index (χ1) is 10.1. The monoisotopic (exact) mass is 322 g/mol. The van der Waals surface area contributed by atoms with Gasteiger partial charge in [0.15, 0.2) is 0 Å². The van der Waals surface area contributed by atoms with Crippen LogP contribution in [0, 0.1) is 5.41 Å². The molecule has 1 aliphatic carbocycles. The van der Waals surface area contributed by atoms with Crippen LogP contribution in [0.15, 0.2) is 60.9 Å². The number of hydrogen-bond donors (Lipinski definition) is 0. The molecule has 3 rings (SSSR count). The summed E-state index contributed by atoms with van der Waals surface area (Å²) >= 11 is 0. The molecule has 1 aromatic carbocycles. The quantitative estimate of drug-likeness (QED) is 0.641. The highest BCUT2D eigenvalue weighted by Gasteiger charge is 2.33. The SMILES string of the molecule is C1=COCCC1.CC1(C)C(c2ccccc2)=CC=CC1F.Cl. The van der Waals surface area contributed by atoms with Crippen molar-refractivity contribution in [1.82, 2.24) is 0 Å². The summed E-state index contributed by atoms with van der Waals surface area (Å²) in [5.41, 5.74) is 1.74. The summed E-state index contributed by atoms with van der Waals surface area (Å²) in [4.78, 5) is 0. The Labute approximate surface area is 139 Å². The molecule has 1 unspecified atom stereocenters. The van der Waals surface area contributed by atoms with Crippen LogP contribution >= 0.6 is 12.4 Å². The molecule has 0 bridgehead atoms. The summed E-state index contributed by atoms with van der Waals surface area (Å²) in [6, 6.07) is 10.00. The highest BCUT2D eigenvalue weighted by atomic mass is 35.5. The zero-order valence-electron chi connectivity index (χ0n) is 13.2. The fraction of sp³-hybridized carbons (Fsp3) is 0.368. The van der Waals surface area contributed by atoms with Gasteiger partial charge in [0.05, 0.1) is 12.9 Å². The van der Waals surface area contributed by atoms with Gasteiger partial charge in [-0.3, -0.25) is 0 Å². The molecule has 22 heavy (non-hydrogen) atoms. The number of allylic oxidation sites excluding steroid dienone is 5. The van der Waals surface area contributed by atoms with Crippen molar-refractivity contribution >= 4 is 18.0 Å². The maximum Gasteiger partial charge on any atom is 0.128 e. The Bertz CT molecular complexity index is 524. The van der Waals surface area contributed by atoms with E-state index in [4.69, 9.17) is 4.74 Å². The van der Waals surface area contributed by atoms with E-state index in [1.807, 2.05) is 56.3 Å². The Morgan fingerprint density at radius 1 is 1.18 bits per heavy atom. The Balaban J connectivity index is 0.000000293. The van der Waals surface area contributed by atoms with Gasteiger partial charge in [-0.1, -0.05) is 56.3 Å². The van der Waals surface area contributed by atoms with Gasteiger partial charge < -0.3 is 4.74 Å². The number of alkyl halides is 1. The molecular weight excluding hydrogens is 299 g/mol. The lowest BCUT2D eigenvalue weighted by molar-refractivity contribution is 0.231. The van der Waals surface area contributed by atoms with Crippen LogP contribution in [-0.4, -0.2) is 12.8 Å². The molecule has 0 spiro atoms. The van der Waals surface area contributed by atoms with Crippen molar-refractivity contribution in [2.24, 2.45) is 5.41 Å². The van der Waals surface area contributed by atoms with Gasteiger partial charge in [0.2, 0.25) is 0 Å². The molecule has 0 saturated carbocycles. The zero-order chi connectivity index (χ0) is 15.1. The second-order valence-electron chi connectivity index (χ2n) is 5.84. The van der Waals surface area contributed by atoms with Crippen molar-refractivity contribution in [1.29, 1.82) is 0 Å². The number of hydrogen-bond acceptors (Lipinski definition) is 1. The number of halogens is 2. The van der Waals surface area contributed by atoms with Crippen LogP contribution in [0.2, 0.25) is 0 Å². The molecule has 1 atom stereocenters. The van der Waals surface area contributed by atoms with Crippen molar-refractivity contribution in [3.63, 3.8) is 0 Å². The standard InChI is InChI=1S/C14H15F.C5H8O.ClH/c1-14(2)12(9-6-10-13(14)15)11-7-4-3-5-8-11;1-2-4-6-5-3-1;/h3-10,13H,1-2H3;2,4H,1,3,5H2;1H. The van der Waals surface area contributed by atoms with Gasteiger partial charge in [-0.05, 0) is 36.1 Å². The molecular formula is C19H24ClFO. The first kappa shape index (κ1) is 18.5. The minimum atomic E-state index is -0.905. The third-order valence-corrected chi connectivity index (χ3v) is 3.84. The average molecular weight is 323 g/mol. The van der Waals surface area contributed by atoms with Crippen molar-refractivity contribution in [2.45, 2.75) is 32.9 Å². The van der Waals surface area contributed by atoms with Crippen molar-refractivity contribution in [2.75, 3.05) is 6.61 Å². The largest absolute Gasteiger partial charge is 0.502 e. The smallest absolute Gasteiger partial charge is 0.128 e. The molecule has 0 N–H and O–H groups in total. The first-order valence-corrected chi connectivity index (χ1v) is 7.47. The second-order valence-corrected chi connectivity index (χ2v) is 5.84. The van der Waals surface area contributed by atoms with Crippen LogP contribution in [0.3, 0.4) is 0 Å². The predicted molar refractivity (Wildman–Crippen MR) is 93.8 cm³/mol. The molecule has 0 aromatic heterocycles. The molecule has 120 valence electrons. The van der Waals surface area contributed by atoms with Crippen molar-refractivity contribution in [3.05, 3.63) is 66.5 Å². The van der Waals surface area contributed by atoms with Gasteiger partial charge in [-0.25, -0.2) is 4.39 Å². The van der Waals surface area contributed by atoms with Gasteiger partial charge in [-0.2, -0.15) is 0 Å². The van der Waals surface area contributed by atoms with E-state index in [9.17, 15) is 4.39 Å². The van der Waals surface area contributed by atoms with Gasteiger partial charge >= 0.3 is 0 Å². The fourth-order valence-corrected chi connectivity index (χ4v) is 2.43. The summed E-state index contributed by atoms with van der Waals surface area (Å²) in [6.45, 7) is 4.80. The molecule has 2 aliphatic rings. The zero-order valence-corrected chi connectivity index (χ0v) is 14.0. The van der Waals surface area contributed by atoms with Crippen molar-refractivity contribution in [3.8, 4) is 0 Å². The summed E-state index contributed by atoms with van der Waals surface area (Å²) in [5, 5.41) is 0. The maximum absolute atomic E-state index is 13.8. The lowest BCUT2D eigenvalue weighted by Crippen LogP contribution is -2.27. The fourth-order valence-electron chi connectivity index (χ4n) is 2.43. The summed E-state index contributed by atoms with van der Waals surface area (Å²) in [6.07, 6.45) is 10.7. The van der Waals surface area contributed by atoms with E-state index in [-0.39, 0.29) is 12.4 Å². The third kappa shape index (κ3) is 4.74. The van der Waals surface area contributed by atoms with E-state index in [0.29, 0.717) is 0 Å². The van der Waals surface area contributed by atoms with Crippen LogP contribution < -0.4 is 0 Å². The van der Waals surface area contributed by atoms with E-state index in [1.54, 1.807) is 18.4 Å². The molecule has 3 heteroatoms. The highest BCUT2D eigenvalue weighted by molar-refractivity contribution is 5.85. The first-order valence-electron chi connectivity index (χ1n) is 7.47. The van der Waals surface area contributed by atoms with Crippen LogP contribution in [0.1, 0.15) is 32.3 Å². The maximum atomic E-state index is 13.8. The van der Waals surface area contributed by atoms with E-state index < -0.39 is 11.6 Å². The summed E-state index contributed by atoms with van der Waals surface area (Å²) < 4.78 is 18.7. The average Bonchev–Trinajstić information content (AvgIpc) is 2.53. The van der Waals surface area contributed by atoms with Crippen LogP contribution in [-0.2, 0) is 4.74 Å². The predicted octanol–water partition coefficient (Wildman–Crippen LogP) is 5.74. The van der Waals surface area contributed by atoms with Crippen molar-refractivity contribution < 1.29 is 9.13 Å². The highest BCUT2D eigenvalue weighted by Crippen LogP contribution is 2.41. The van der Waals surface area contributed by atoms with Gasteiger partial charge in [0.1, 0.15) is 6.17 Å². The molecule has 1 aliphatic heterocycles. The van der Waals surface area contributed by atoms with Gasteiger partial charge in [0, 0.05) is 5.41 Å². The minimum Gasteiger partial charge on any atom is -0.502 e. The van der Waals surface area contributed by atoms with E-state index >= 15 is 0 Å². The molecule has 1 aromatic rings. The Morgan fingerprint density at radius 2 is 1.91 bits per heavy atom. The lowest BCUT2D eigenvalue weighted by Gasteiger charge is -2.32. The van der Waals surface area contributed by atoms with Crippen LogP contribution in [0.4, 0.5) is 4.39 Å². The van der Waals surface area contributed by atoms with Gasteiger partial charge in [0.25, 0.3) is 0 Å². The van der Waals surface area contributed by atoms with E-state index in [1.165, 1.54) is 12.8 Å². The van der Waals surface area contributed by atoms with Crippen LogP contribution in [0.5, 0.6) is 0 Å². The Kier molecular flexibility index (Phi) is 7.40. The third-order valence-electron chi connectivity index (χ3n) is 3.84. The molecule has 0 saturated heterocycles. The summed E-state index contributed by atoms with van der Waals surface area (Å²) in [7, 11) is 0. The van der Waals surface area contributed by atoms with Crippen LogP contribution in [0.25, 0.3) is 5.57 Å². The minimum absolute atomic E-state index is 0. The topological polar surface area (TPSA) is 9.23 Å².